The van der Waals surface area contributed by atoms with Crippen LogP contribution in [0, 0.1) is 6.92 Å². The number of rotatable bonds is 1. The molecule has 10 heavy (non-hydrogen) atoms. The van der Waals surface area contributed by atoms with Crippen molar-refractivity contribution in [2.24, 2.45) is 0 Å². The molecule has 0 fully saturated rings. The van der Waals surface area contributed by atoms with Crippen molar-refractivity contribution in [3.8, 4) is 0 Å². The Kier molecular flexibility index (Phi) is 1.67. The Morgan fingerprint density at radius 1 is 1.60 bits per heavy atom. The summed E-state index contributed by atoms with van der Waals surface area (Å²) in [7, 11) is 0. The Labute approximate surface area is 57.7 Å². The molecule has 1 heterocycles. The van der Waals surface area contributed by atoms with Gasteiger partial charge in [-0.05, 0) is 6.92 Å². The van der Waals surface area contributed by atoms with E-state index in [9.17, 15) is 9.59 Å². The van der Waals surface area contributed by atoms with E-state index in [0.29, 0.717) is 6.29 Å². The first-order valence-corrected chi connectivity index (χ1v) is 2.88. The third-order valence-electron chi connectivity index (χ3n) is 1.21. The van der Waals surface area contributed by atoms with Gasteiger partial charge in [-0.1, -0.05) is 0 Å². The molecule has 0 saturated carbocycles. The molecular weight excluding hydrogens is 130 g/mol. The molecule has 0 aliphatic rings. The second-order valence-electron chi connectivity index (χ2n) is 2.05. The molecule has 0 spiro atoms. The van der Waals surface area contributed by atoms with E-state index in [1.165, 1.54) is 12.3 Å². The monoisotopic (exact) mass is 137 g/mol. The number of hydrogen-bond acceptors (Lipinski definition) is 2. The molecule has 3 heteroatoms. The molecule has 52 valence electrons. The number of hydrogen-bond donors (Lipinski definition) is 1. The standard InChI is InChI=1S/C7H7NO2/c1-5-2-7(10)6(4-9)3-8-5/h2-4H,1H3,(H,8,10). The molecule has 1 N–H and O–H groups in total. The first-order valence-electron chi connectivity index (χ1n) is 2.88. The maximum atomic E-state index is 10.8. The van der Waals surface area contributed by atoms with Gasteiger partial charge in [0.05, 0.1) is 5.56 Å². The van der Waals surface area contributed by atoms with Crippen LogP contribution in [-0.4, -0.2) is 11.3 Å². The third-order valence-corrected chi connectivity index (χ3v) is 1.21. The number of nitrogens with one attached hydrogen (secondary N) is 1. The average Bonchev–Trinajstić information content (AvgIpc) is 1.88. The zero-order valence-electron chi connectivity index (χ0n) is 5.55. The summed E-state index contributed by atoms with van der Waals surface area (Å²) in [6.45, 7) is 1.76. The van der Waals surface area contributed by atoms with Gasteiger partial charge in [0.2, 0.25) is 0 Å². The summed E-state index contributed by atoms with van der Waals surface area (Å²) in [5, 5.41) is 0. The summed E-state index contributed by atoms with van der Waals surface area (Å²) < 4.78 is 0. The van der Waals surface area contributed by atoms with Crippen LogP contribution in [-0.2, 0) is 0 Å². The van der Waals surface area contributed by atoms with E-state index >= 15 is 0 Å². The van der Waals surface area contributed by atoms with Gasteiger partial charge in [0.25, 0.3) is 0 Å². The Balaban J connectivity index is 3.33. The summed E-state index contributed by atoms with van der Waals surface area (Å²) in [5.74, 6) is 0. The van der Waals surface area contributed by atoms with Crippen molar-refractivity contribution in [1.82, 2.24) is 4.98 Å². The molecule has 1 rings (SSSR count). The molecule has 0 aromatic carbocycles. The zero-order chi connectivity index (χ0) is 7.56. The Bertz CT molecular complexity index is 301. The van der Waals surface area contributed by atoms with E-state index in [0.717, 1.165) is 5.69 Å². The van der Waals surface area contributed by atoms with Crippen LogP contribution >= 0.6 is 0 Å². The lowest BCUT2D eigenvalue weighted by Gasteiger charge is -1.90. The van der Waals surface area contributed by atoms with Gasteiger partial charge < -0.3 is 4.98 Å². The molecule has 1 aromatic heterocycles. The van der Waals surface area contributed by atoms with E-state index in [1.54, 1.807) is 6.92 Å². The maximum absolute atomic E-state index is 10.8. The summed E-state index contributed by atoms with van der Waals surface area (Å²) in [5.41, 5.74) is 0.701. The van der Waals surface area contributed by atoms with E-state index in [-0.39, 0.29) is 11.0 Å². The van der Waals surface area contributed by atoms with E-state index in [4.69, 9.17) is 0 Å². The van der Waals surface area contributed by atoms with Crippen LogP contribution in [0.25, 0.3) is 0 Å². The van der Waals surface area contributed by atoms with Gasteiger partial charge in [0.1, 0.15) is 0 Å². The van der Waals surface area contributed by atoms with Crippen molar-refractivity contribution in [3.63, 3.8) is 0 Å². The first kappa shape index (κ1) is 6.74. The van der Waals surface area contributed by atoms with Crippen LogP contribution in [0.3, 0.4) is 0 Å². The molecule has 1 aromatic rings. The lowest BCUT2D eigenvalue weighted by atomic mass is 10.3. The fourth-order valence-corrected chi connectivity index (χ4v) is 0.676. The van der Waals surface area contributed by atoms with Gasteiger partial charge in [-0.3, -0.25) is 9.59 Å². The summed E-state index contributed by atoms with van der Waals surface area (Å²) >= 11 is 0. The number of carbonyl (C=O) groups is 1. The van der Waals surface area contributed by atoms with Gasteiger partial charge in [-0.15, -0.1) is 0 Å². The van der Waals surface area contributed by atoms with Crippen molar-refractivity contribution >= 4 is 6.29 Å². The number of pyridine rings is 1. The van der Waals surface area contributed by atoms with Crippen molar-refractivity contribution in [3.05, 3.63) is 33.7 Å². The topological polar surface area (TPSA) is 49.9 Å². The maximum Gasteiger partial charge on any atom is 0.192 e. The third kappa shape index (κ3) is 1.13. The minimum Gasteiger partial charge on any atom is -0.364 e. The van der Waals surface area contributed by atoms with Crippen molar-refractivity contribution < 1.29 is 4.79 Å². The highest BCUT2D eigenvalue weighted by molar-refractivity contribution is 5.73. The molecule has 0 saturated heterocycles. The molecule has 0 radical (unpaired) electrons. The summed E-state index contributed by atoms with van der Waals surface area (Å²) in [4.78, 5) is 23.7. The normalized spacial score (nSPS) is 9.30. The van der Waals surface area contributed by atoms with Gasteiger partial charge in [-0.25, -0.2) is 0 Å². The van der Waals surface area contributed by atoms with Crippen LogP contribution in [0.15, 0.2) is 17.1 Å². The van der Waals surface area contributed by atoms with E-state index < -0.39 is 0 Å². The second-order valence-corrected chi connectivity index (χ2v) is 2.05. The highest BCUT2D eigenvalue weighted by Gasteiger charge is 1.94. The van der Waals surface area contributed by atoms with E-state index in [2.05, 4.69) is 4.98 Å². The van der Waals surface area contributed by atoms with Crippen LogP contribution in [0.5, 0.6) is 0 Å². The second kappa shape index (κ2) is 2.47. The molecule has 0 amide bonds. The van der Waals surface area contributed by atoms with E-state index in [1.807, 2.05) is 0 Å². The van der Waals surface area contributed by atoms with Crippen LogP contribution in [0.1, 0.15) is 16.1 Å². The SMILES string of the molecule is Cc1cc(=O)c(C=O)c[nH]1. The molecule has 0 aliphatic heterocycles. The van der Waals surface area contributed by atoms with Crippen LogP contribution < -0.4 is 5.43 Å². The number of aldehydes is 1. The molecule has 0 aliphatic carbocycles. The fraction of sp³-hybridized carbons (Fsp3) is 0.143. The zero-order valence-corrected chi connectivity index (χ0v) is 5.55. The number of aryl methyl sites for hydroxylation is 1. The molecule has 0 atom stereocenters. The van der Waals surface area contributed by atoms with Gasteiger partial charge >= 0.3 is 0 Å². The highest BCUT2D eigenvalue weighted by atomic mass is 16.1. The molecule has 0 bridgehead atoms. The number of carbonyl (C=O) groups excluding carboxylic acids is 1. The quantitative estimate of drug-likeness (QED) is 0.573. The minimum absolute atomic E-state index is 0.172. The number of aromatic amines is 1. The largest absolute Gasteiger partial charge is 0.364 e. The fourth-order valence-electron chi connectivity index (χ4n) is 0.676. The number of aromatic nitrogens is 1. The van der Waals surface area contributed by atoms with Gasteiger partial charge in [-0.2, -0.15) is 0 Å². The van der Waals surface area contributed by atoms with Gasteiger partial charge in [0.15, 0.2) is 11.7 Å². The highest BCUT2D eigenvalue weighted by Crippen LogP contribution is 1.86. The predicted molar refractivity (Wildman–Crippen MR) is 37.2 cm³/mol. The van der Waals surface area contributed by atoms with Crippen LogP contribution in [0.2, 0.25) is 0 Å². The summed E-state index contributed by atoms with van der Waals surface area (Å²) in [6.07, 6.45) is 1.95. The van der Waals surface area contributed by atoms with Crippen molar-refractivity contribution in [2.75, 3.05) is 0 Å². The predicted octanol–water partition coefficient (Wildman–Crippen LogP) is 0.496. The Hall–Kier alpha value is -1.38. The summed E-state index contributed by atoms with van der Waals surface area (Å²) in [6, 6.07) is 1.39. The average molecular weight is 137 g/mol. The molecule has 0 unspecified atom stereocenters. The smallest absolute Gasteiger partial charge is 0.192 e. The van der Waals surface area contributed by atoms with Crippen molar-refractivity contribution in [2.45, 2.75) is 6.92 Å². The lowest BCUT2D eigenvalue weighted by Crippen LogP contribution is -2.07. The lowest BCUT2D eigenvalue weighted by molar-refractivity contribution is 0.112. The Morgan fingerprint density at radius 2 is 2.30 bits per heavy atom. The minimum atomic E-state index is -0.230. The first-order chi connectivity index (χ1) is 4.74. The number of H-pyrrole nitrogens is 1. The molecular formula is C7H7NO2. The Morgan fingerprint density at radius 3 is 2.80 bits per heavy atom. The van der Waals surface area contributed by atoms with Crippen LogP contribution in [0.4, 0.5) is 0 Å². The van der Waals surface area contributed by atoms with Crippen molar-refractivity contribution in [1.29, 1.82) is 0 Å². The van der Waals surface area contributed by atoms with Gasteiger partial charge in [0, 0.05) is 18.0 Å². The molecule has 3 nitrogen and oxygen atoms in total.